The number of hydrogen-bond donors (Lipinski definition) is 1. The quantitative estimate of drug-likeness (QED) is 0.736. The number of carbonyl (C=O) groups is 1. The summed E-state index contributed by atoms with van der Waals surface area (Å²) in [5.41, 5.74) is 0. The highest BCUT2D eigenvalue weighted by molar-refractivity contribution is 5.92. The summed E-state index contributed by atoms with van der Waals surface area (Å²) in [6.07, 6.45) is 1.48. The first-order valence-corrected chi connectivity index (χ1v) is 9.35. The van der Waals surface area contributed by atoms with E-state index in [-0.39, 0.29) is 12.5 Å². The maximum Gasteiger partial charge on any atom is 0.263 e. The lowest BCUT2D eigenvalue weighted by molar-refractivity contribution is -0.118. The van der Waals surface area contributed by atoms with E-state index in [1.807, 2.05) is 42.5 Å². The van der Waals surface area contributed by atoms with E-state index in [4.69, 9.17) is 4.74 Å². The maximum atomic E-state index is 12.3. The van der Waals surface area contributed by atoms with E-state index in [1.54, 1.807) is 6.07 Å². The fourth-order valence-corrected chi connectivity index (χ4v) is 3.27. The van der Waals surface area contributed by atoms with E-state index in [0.717, 1.165) is 42.8 Å². The number of rotatable bonds is 5. The third-order valence-corrected chi connectivity index (χ3v) is 4.86. The summed E-state index contributed by atoms with van der Waals surface area (Å²) in [6.45, 7) is 3.72. The van der Waals surface area contributed by atoms with Crippen molar-refractivity contribution in [2.45, 2.75) is 0 Å². The third-order valence-electron chi connectivity index (χ3n) is 4.86. The van der Waals surface area contributed by atoms with E-state index in [0.29, 0.717) is 11.6 Å². The molecule has 3 aromatic rings. The highest BCUT2D eigenvalue weighted by Crippen LogP contribution is 2.25. The summed E-state index contributed by atoms with van der Waals surface area (Å²) in [6, 6.07) is 15.5. The van der Waals surface area contributed by atoms with Crippen LogP contribution in [0, 0.1) is 0 Å². The van der Waals surface area contributed by atoms with Crippen LogP contribution in [0.2, 0.25) is 0 Å². The standard InChI is InChI=1S/C21H23N5O2/c1-25-9-11-26(12-10-25)20-13-19(22-15-23-20)24-21(27)14-28-18-8-4-6-16-5-2-3-7-17(16)18/h2-8,13,15H,9-12,14H2,1H3,(H,22,23,24,27). The van der Waals surface area contributed by atoms with Crippen LogP contribution in [0.5, 0.6) is 5.75 Å². The molecule has 1 aromatic heterocycles. The van der Waals surface area contributed by atoms with Crippen LogP contribution in [0.15, 0.2) is 54.9 Å². The van der Waals surface area contributed by atoms with Gasteiger partial charge >= 0.3 is 0 Å². The molecule has 1 N–H and O–H groups in total. The van der Waals surface area contributed by atoms with Gasteiger partial charge in [-0.3, -0.25) is 4.79 Å². The molecule has 2 aromatic carbocycles. The number of benzene rings is 2. The van der Waals surface area contributed by atoms with Crippen molar-refractivity contribution in [2.75, 3.05) is 50.1 Å². The molecule has 0 aliphatic carbocycles. The lowest BCUT2D eigenvalue weighted by atomic mass is 10.1. The molecule has 1 amide bonds. The molecule has 1 aliphatic heterocycles. The minimum Gasteiger partial charge on any atom is -0.483 e. The summed E-state index contributed by atoms with van der Waals surface area (Å²) >= 11 is 0. The Balaban J connectivity index is 1.38. The number of anilines is 2. The van der Waals surface area contributed by atoms with Crippen molar-refractivity contribution in [1.82, 2.24) is 14.9 Å². The summed E-state index contributed by atoms with van der Waals surface area (Å²) in [7, 11) is 2.11. The molecule has 144 valence electrons. The lowest BCUT2D eigenvalue weighted by Gasteiger charge is -2.33. The van der Waals surface area contributed by atoms with E-state index in [9.17, 15) is 4.79 Å². The monoisotopic (exact) mass is 377 g/mol. The van der Waals surface area contributed by atoms with Crippen molar-refractivity contribution in [1.29, 1.82) is 0 Å². The van der Waals surface area contributed by atoms with Gasteiger partial charge in [0.05, 0.1) is 0 Å². The minimum atomic E-state index is -0.254. The molecule has 1 aliphatic rings. The highest BCUT2D eigenvalue weighted by atomic mass is 16.5. The molecule has 0 bridgehead atoms. The van der Waals surface area contributed by atoms with E-state index < -0.39 is 0 Å². The number of carbonyl (C=O) groups excluding carboxylic acids is 1. The summed E-state index contributed by atoms with van der Waals surface area (Å²) in [5.74, 6) is 1.74. The first kappa shape index (κ1) is 18.2. The van der Waals surface area contributed by atoms with E-state index >= 15 is 0 Å². The van der Waals surface area contributed by atoms with E-state index in [2.05, 4.69) is 32.1 Å². The molecule has 0 unspecified atom stereocenters. The van der Waals surface area contributed by atoms with Crippen LogP contribution in [-0.4, -0.2) is 60.6 Å². The maximum absolute atomic E-state index is 12.3. The summed E-state index contributed by atoms with van der Waals surface area (Å²) < 4.78 is 5.74. The molecule has 7 heteroatoms. The Hall–Kier alpha value is -3.19. The zero-order valence-electron chi connectivity index (χ0n) is 15.8. The Kier molecular flexibility index (Phi) is 5.34. The number of nitrogens with zero attached hydrogens (tertiary/aromatic N) is 4. The Morgan fingerprint density at radius 1 is 1.07 bits per heavy atom. The van der Waals surface area contributed by atoms with Crippen molar-refractivity contribution >= 4 is 28.3 Å². The van der Waals surface area contributed by atoms with Crippen molar-refractivity contribution in [3.05, 3.63) is 54.9 Å². The average molecular weight is 377 g/mol. The molecule has 0 saturated carbocycles. The zero-order valence-corrected chi connectivity index (χ0v) is 15.8. The van der Waals surface area contributed by atoms with Gasteiger partial charge < -0.3 is 19.9 Å². The number of fused-ring (bicyclic) bond motifs is 1. The number of nitrogens with one attached hydrogen (secondary N) is 1. The van der Waals surface area contributed by atoms with Crippen LogP contribution < -0.4 is 15.0 Å². The van der Waals surface area contributed by atoms with Crippen LogP contribution in [0.4, 0.5) is 11.6 Å². The molecule has 0 radical (unpaired) electrons. The molecule has 2 heterocycles. The van der Waals surface area contributed by atoms with Crippen molar-refractivity contribution in [3.8, 4) is 5.75 Å². The molecule has 0 spiro atoms. The first-order valence-electron chi connectivity index (χ1n) is 9.35. The van der Waals surface area contributed by atoms with Crippen molar-refractivity contribution < 1.29 is 9.53 Å². The fourth-order valence-electron chi connectivity index (χ4n) is 3.27. The Labute approximate surface area is 164 Å². The molecule has 4 rings (SSSR count). The van der Waals surface area contributed by atoms with Gasteiger partial charge in [-0.2, -0.15) is 0 Å². The third kappa shape index (κ3) is 4.20. The van der Waals surface area contributed by atoms with Crippen molar-refractivity contribution in [3.63, 3.8) is 0 Å². The molecule has 0 atom stereocenters. The largest absolute Gasteiger partial charge is 0.483 e. The van der Waals surface area contributed by atoms with Gasteiger partial charge in [0, 0.05) is 37.6 Å². The van der Waals surface area contributed by atoms with Gasteiger partial charge in [-0.05, 0) is 18.5 Å². The second kappa shape index (κ2) is 8.22. The normalized spacial score (nSPS) is 14.8. The van der Waals surface area contributed by atoms with Gasteiger partial charge in [0.25, 0.3) is 5.91 Å². The predicted octanol–water partition coefficient (Wildman–Crippen LogP) is 2.40. The Morgan fingerprint density at radius 2 is 1.86 bits per heavy atom. The van der Waals surface area contributed by atoms with Gasteiger partial charge in [-0.1, -0.05) is 36.4 Å². The number of aromatic nitrogens is 2. The van der Waals surface area contributed by atoms with Gasteiger partial charge in [-0.25, -0.2) is 9.97 Å². The van der Waals surface area contributed by atoms with Crippen molar-refractivity contribution in [2.24, 2.45) is 0 Å². The van der Waals surface area contributed by atoms with Crippen LogP contribution in [0.1, 0.15) is 0 Å². The van der Waals surface area contributed by atoms with Crippen LogP contribution in [-0.2, 0) is 4.79 Å². The number of hydrogen-bond acceptors (Lipinski definition) is 6. The van der Waals surface area contributed by atoms with Gasteiger partial charge in [0.1, 0.15) is 23.7 Å². The van der Waals surface area contributed by atoms with Gasteiger partial charge in [0.2, 0.25) is 0 Å². The lowest BCUT2D eigenvalue weighted by Crippen LogP contribution is -2.44. The molecule has 1 saturated heterocycles. The second-order valence-corrected chi connectivity index (χ2v) is 6.87. The highest BCUT2D eigenvalue weighted by Gasteiger charge is 2.16. The molecular weight excluding hydrogens is 354 g/mol. The zero-order chi connectivity index (χ0) is 19.3. The average Bonchev–Trinajstić information content (AvgIpc) is 2.73. The van der Waals surface area contributed by atoms with E-state index in [1.165, 1.54) is 6.33 Å². The number of likely N-dealkylation sites (N-methyl/N-ethyl adjacent to an activating group) is 1. The summed E-state index contributed by atoms with van der Waals surface area (Å²) in [5, 5.41) is 4.86. The fraction of sp³-hybridized carbons (Fsp3) is 0.286. The SMILES string of the molecule is CN1CCN(c2cc(NC(=O)COc3cccc4ccccc34)ncn2)CC1. The molecule has 28 heavy (non-hydrogen) atoms. The summed E-state index contributed by atoms with van der Waals surface area (Å²) in [4.78, 5) is 25.3. The number of ether oxygens (including phenoxy) is 1. The molecule has 1 fully saturated rings. The van der Waals surface area contributed by atoms with Crippen LogP contribution in [0.3, 0.4) is 0 Å². The van der Waals surface area contributed by atoms with Crippen LogP contribution in [0.25, 0.3) is 10.8 Å². The second-order valence-electron chi connectivity index (χ2n) is 6.87. The van der Waals surface area contributed by atoms with Gasteiger partial charge in [-0.15, -0.1) is 0 Å². The van der Waals surface area contributed by atoms with Crippen LogP contribution >= 0.6 is 0 Å². The topological polar surface area (TPSA) is 70.6 Å². The molecule has 7 nitrogen and oxygen atoms in total. The number of amides is 1. The molecular formula is C21H23N5O2. The predicted molar refractivity (Wildman–Crippen MR) is 110 cm³/mol. The Morgan fingerprint density at radius 3 is 2.71 bits per heavy atom. The smallest absolute Gasteiger partial charge is 0.263 e. The number of piperazine rings is 1. The minimum absolute atomic E-state index is 0.0815. The Bertz CT molecular complexity index is 964. The van der Waals surface area contributed by atoms with Gasteiger partial charge in [0.15, 0.2) is 6.61 Å². The first-order chi connectivity index (χ1) is 13.7.